The van der Waals surface area contributed by atoms with Crippen molar-refractivity contribution in [3.05, 3.63) is 58.4 Å². The SMILES string of the molecule is CCOC(=O)c1[nH]c(C)c(C(=O)CN(CCN2CCOCC2)C(=O)c2ccccc2)c1C. The van der Waals surface area contributed by atoms with E-state index in [4.69, 9.17) is 9.47 Å². The van der Waals surface area contributed by atoms with Gasteiger partial charge in [0.25, 0.3) is 5.91 Å². The highest BCUT2D eigenvalue weighted by Gasteiger charge is 2.26. The standard InChI is InChI=1S/C24H31N3O5/c1-4-32-24(30)22-17(2)21(18(3)25-22)20(28)16-27(11-10-26-12-14-31-15-13-26)23(29)19-8-6-5-7-9-19/h5-9,25H,4,10-16H2,1-3H3. The number of ether oxygens (including phenoxy) is 2. The second-order valence-corrected chi connectivity index (χ2v) is 7.82. The topological polar surface area (TPSA) is 91.9 Å². The fourth-order valence-electron chi connectivity index (χ4n) is 3.93. The third kappa shape index (κ3) is 5.63. The molecule has 0 radical (unpaired) electrons. The first-order valence-electron chi connectivity index (χ1n) is 11.0. The van der Waals surface area contributed by atoms with Gasteiger partial charge in [0.15, 0.2) is 5.78 Å². The van der Waals surface area contributed by atoms with Crippen molar-refractivity contribution in [1.29, 1.82) is 0 Å². The molecule has 2 heterocycles. The molecule has 8 heteroatoms. The molecule has 0 aliphatic carbocycles. The number of benzene rings is 1. The summed E-state index contributed by atoms with van der Waals surface area (Å²) in [6.45, 7) is 9.42. The summed E-state index contributed by atoms with van der Waals surface area (Å²) >= 11 is 0. The predicted molar refractivity (Wildman–Crippen MR) is 120 cm³/mol. The number of morpholine rings is 1. The summed E-state index contributed by atoms with van der Waals surface area (Å²) in [5, 5.41) is 0. The first kappa shape index (κ1) is 23.7. The number of amides is 1. The molecule has 3 rings (SSSR count). The number of aromatic nitrogens is 1. The zero-order valence-electron chi connectivity index (χ0n) is 19.0. The summed E-state index contributed by atoms with van der Waals surface area (Å²) in [4.78, 5) is 45.5. The average molecular weight is 442 g/mol. The number of aromatic amines is 1. The number of esters is 1. The van der Waals surface area contributed by atoms with Gasteiger partial charge in [0.05, 0.1) is 26.4 Å². The monoisotopic (exact) mass is 441 g/mol. The van der Waals surface area contributed by atoms with Crippen LogP contribution in [0.4, 0.5) is 0 Å². The van der Waals surface area contributed by atoms with Crippen molar-refractivity contribution in [2.75, 3.05) is 52.5 Å². The van der Waals surface area contributed by atoms with Crippen LogP contribution in [0.25, 0.3) is 0 Å². The molecule has 8 nitrogen and oxygen atoms in total. The van der Waals surface area contributed by atoms with Crippen LogP contribution < -0.4 is 0 Å². The number of ketones is 1. The molecule has 1 aromatic carbocycles. The maximum atomic E-state index is 13.3. The number of nitrogens with zero attached hydrogens (tertiary/aromatic N) is 2. The van der Waals surface area contributed by atoms with Crippen LogP contribution in [0.1, 0.15) is 49.4 Å². The van der Waals surface area contributed by atoms with Crippen LogP contribution in [0.3, 0.4) is 0 Å². The van der Waals surface area contributed by atoms with E-state index < -0.39 is 5.97 Å². The van der Waals surface area contributed by atoms with E-state index >= 15 is 0 Å². The van der Waals surface area contributed by atoms with E-state index in [1.165, 1.54) is 0 Å². The molecule has 32 heavy (non-hydrogen) atoms. The number of carbonyl (C=O) groups is 3. The Labute approximate surface area is 188 Å². The van der Waals surface area contributed by atoms with E-state index in [1.54, 1.807) is 49.9 Å². The minimum atomic E-state index is -0.489. The first-order valence-corrected chi connectivity index (χ1v) is 11.0. The lowest BCUT2D eigenvalue weighted by molar-refractivity contribution is 0.0323. The molecule has 1 aliphatic heterocycles. The molecule has 1 fully saturated rings. The highest BCUT2D eigenvalue weighted by molar-refractivity contribution is 6.05. The van der Waals surface area contributed by atoms with Crippen LogP contribution in [-0.4, -0.2) is 85.0 Å². The van der Waals surface area contributed by atoms with Crippen LogP contribution in [0.5, 0.6) is 0 Å². The number of H-pyrrole nitrogens is 1. The molecule has 0 unspecified atom stereocenters. The van der Waals surface area contributed by atoms with E-state index in [0.717, 1.165) is 13.1 Å². The molecule has 1 saturated heterocycles. The Morgan fingerprint density at radius 1 is 1.12 bits per heavy atom. The summed E-state index contributed by atoms with van der Waals surface area (Å²) < 4.78 is 10.5. The largest absolute Gasteiger partial charge is 0.461 e. The Morgan fingerprint density at radius 2 is 1.81 bits per heavy atom. The van der Waals surface area contributed by atoms with E-state index in [-0.39, 0.29) is 30.5 Å². The predicted octanol–water partition coefficient (Wildman–Crippen LogP) is 2.47. The maximum Gasteiger partial charge on any atom is 0.355 e. The molecule has 1 aromatic heterocycles. The Hall–Kier alpha value is -2.97. The lowest BCUT2D eigenvalue weighted by atomic mass is 10.0. The maximum absolute atomic E-state index is 13.3. The fourth-order valence-corrected chi connectivity index (χ4v) is 3.93. The summed E-state index contributed by atoms with van der Waals surface area (Å²) in [5.74, 6) is -0.890. The van der Waals surface area contributed by atoms with Gasteiger partial charge in [-0.25, -0.2) is 4.79 Å². The molecule has 1 aliphatic rings. The van der Waals surface area contributed by atoms with Crippen molar-refractivity contribution < 1.29 is 23.9 Å². The molecular formula is C24H31N3O5. The molecule has 2 aromatic rings. The van der Waals surface area contributed by atoms with Gasteiger partial charge >= 0.3 is 5.97 Å². The van der Waals surface area contributed by atoms with Gasteiger partial charge in [-0.2, -0.15) is 0 Å². The van der Waals surface area contributed by atoms with Gasteiger partial charge in [0, 0.05) is 43.0 Å². The lowest BCUT2D eigenvalue weighted by Crippen LogP contribution is -2.44. The third-order valence-corrected chi connectivity index (χ3v) is 5.63. The van der Waals surface area contributed by atoms with Crippen molar-refractivity contribution in [1.82, 2.24) is 14.8 Å². The van der Waals surface area contributed by atoms with Gasteiger partial charge in [0.2, 0.25) is 0 Å². The Morgan fingerprint density at radius 3 is 2.47 bits per heavy atom. The summed E-state index contributed by atoms with van der Waals surface area (Å²) in [7, 11) is 0. The Balaban J connectivity index is 1.79. The number of hydrogen-bond donors (Lipinski definition) is 1. The molecule has 0 saturated carbocycles. The van der Waals surface area contributed by atoms with Crippen molar-refractivity contribution in [3.63, 3.8) is 0 Å². The average Bonchev–Trinajstić information content (AvgIpc) is 3.11. The van der Waals surface area contributed by atoms with Crippen molar-refractivity contribution >= 4 is 17.7 Å². The summed E-state index contributed by atoms with van der Waals surface area (Å²) in [6.07, 6.45) is 0. The minimum Gasteiger partial charge on any atom is -0.461 e. The number of nitrogens with one attached hydrogen (secondary N) is 1. The number of hydrogen-bond acceptors (Lipinski definition) is 6. The van der Waals surface area contributed by atoms with Gasteiger partial charge in [0.1, 0.15) is 5.69 Å². The second kappa shape index (κ2) is 11.1. The van der Waals surface area contributed by atoms with E-state index in [9.17, 15) is 14.4 Å². The molecule has 1 N–H and O–H groups in total. The van der Waals surface area contributed by atoms with Crippen molar-refractivity contribution in [2.24, 2.45) is 0 Å². The van der Waals surface area contributed by atoms with Gasteiger partial charge < -0.3 is 19.4 Å². The molecule has 172 valence electrons. The summed E-state index contributed by atoms with van der Waals surface area (Å²) in [6, 6.07) is 8.96. The number of aryl methyl sites for hydroxylation is 1. The number of rotatable bonds is 9. The fraction of sp³-hybridized carbons (Fsp3) is 0.458. The molecule has 0 atom stereocenters. The molecule has 1 amide bonds. The first-order chi connectivity index (χ1) is 15.4. The van der Waals surface area contributed by atoms with Crippen LogP contribution in [0.2, 0.25) is 0 Å². The van der Waals surface area contributed by atoms with Crippen LogP contribution in [0, 0.1) is 13.8 Å². The van der Waals surface area contributed by atoms with Crippen LogP contribution in [0.15, 0.2) is 30.3 Å². The highest BCUT2D eigenvalue weighted by Crippen LogP contribution is 2.20. The van der Waals surface area contributed by atoms with Gasteiger partial charge in [-0.05, 0) is 38.5 Å². The quantitative estimate of drug-likeness (QED) is 0.475. The second-order valence-electron chi connectivity index (χ2n) is 7.82. The lowest BCUT2D eigenvalue weighted by Gasteiger charge is -2.30. The zero-order valence-corrected chi connectivity index (χ0v) is 19.0. The highest BCUT2D eigenvalue weighted by atomic mass is 16.5. The van der Waals surface area contributed by atoms with Crippen molar-refractivity contribution in [2.45, 2.75) is 20.8 Å². The molecule has 0 spiro atoms. The van der Waals surface area contributed by atoms with Gasteiger partial charge in [-0.15, -0.1) is 0 Å². The van der Waals surface area contributed by atoms with Crippen LogP contribution in [-0.2, 0) is 9.47 Å². The minimum absolute atomic E-state index is 0.0696. The third-order valence-electron chi connectivity index (χ3n) is 5.63. The Bertz CT molecular complexity index is 948. The number of carbonyl (C=O) groups excluding carboxylic acids is 3. The van der Waals surface area contributed by atoms with Gasteiger partial charge in [-0.1, -0.05) is 18.2 Å². The van der Waals surface area contributed by atoms with Gasteiger partial charge in [-0.3, -0.25) is 14.5 Å². The van der Waals surface area contributed by atoms with Crippen LogP contribution >= 0.6 is 0 Å². The van der Waals surface area contributed by atoms with E-state index in [0.29, 0.717) is 48.7 Å². The molecule has 0 bridgehead atoms. The van der Waals surface area contributed by atoms with E-state index in [2.05, 4.69) is 9.88 Å². The Kier molecular flexibility index (Phi) is 8.19. The zero-order chi connectivity index (χ0) is 23.1. The normalized spacial score (nSPS) is 14.2. The molecular weight excluding hydrogens is 410 g/mol. The van der Waals surface area contributed by atoms with E-state index in [1.807, 2.05) is 6.07 Å². The summed E-state index contributed by atoms with van der Waals surface area (Å²) in [5.41, 5.74) is 2.39. The smallest absolute Gasteiger partial charge is 0.355 e. The van der Waals surface area contributed by atoms with Crippen molar-refractivity contribution in [3.8, 4) is 0 Å². The number of Topliss-reactive ketones (excluding diaryl/α,β-unsaturated/α-hetero) is 1.